The molecule has 6 nitrogen and oxygen atoms in total. The van der Waals surface area contributed by atoms with Crippen molar-refractivity contribution in [3.8, 4) is 16.9 Å². The van der Waals surface area contributed by atoms with Crippen molar-refractivity contribution in [2.75, 3.05) is 13.7 Å². The van der Waals surface area contributed by atoms with Crippen LogP contribution in [-0.4, -0.2) is 40.4 Å². The van der Waals surface area contributed by atoms with Crippen molar-refractivity contribution in [2.24, 2.45) is 5.92 Å². The van der Waals surface area contributed by atoms with E-state index in [1.807, 2.05) is 44.2 Å². The maximum atomic E-state index is 13.2. The number of fused-ring (bicyclic) bond motifs is 2. The molecule has 0 aliphatic carbocycles. The van der Waals surface area contributed by atoms with E-state index < -0.39 is 0 Å². The van der Waals surface area contributed by atoms with E-state index in [4.69, 9.17) is 4.74 Å². The first-order valence-electron chi connectivity index (χ1n) is 11.0. The van der Waals surface area contributed by atoms with E-state index in [1.54, 1.807) is 30.2 Å². The lowest BCUT2D eigenvalue weighted by Crippen LogP contribution is -2.32. The van der Waals surface area contributed by atoms with Crippen molar-refractivity contribution in [1.29, 1.82) is 0 Å². The number of methoxy groups -OCH3 is 1. The molecule has 0 fully saturated rings. The van der Waals surface area contributed by atoms with Crippen molar-refractivity contribution in [3.63, 3.8) is 0 Å². The fourth-order valence-electron chi connectivity index (χ4n) is 4.59. The molecule has 4 aromatic rings. The standard InChI is InChI=1S/C27H25N3O3/c1-16(26(31)19-6-4-7-20(12-19)33-3)14-30-15-24-21(8-5-9-22(24)27(30)32)18-10-11-25-23(13-18)17(2)28-29-25/h4-13,16H,14-15H2,1-3H3,(H,28,29). The highest BCUT2D eigenvalue weighted by atomic mass is 16.5. The summed E-state index contributed by atoms with van der Waals surface area (Å²) in [7, 11) is 1.58. The molecular weight excluding hydrogens is 414 g/mol. The highest BCUT2D eigenvalue weighted by Crippen LogP contribution is 2.34. The maximum Gasteiger partial charge on any atom is 0.254 e. The molecule has 166 valence electrons. The lowest BCUT2D eigenvalue weighted by Gasteiger charge is -2.20. The first-order chi connectivity index (χ1) is 16.0. The predicted molar refractivity (Wildman–Crippen MR) is 127 cm³/mol. The Hall–Kier alpha value is -3.93. The van der Waals surface area contributed by atoms with Crippen LogP contribution in [-0.2, 0) is 6.54 Å². The normalized spacial score (nSPS) is 13.9. The lowest BCUT2D eigenvalue weighted by molar-refractivity contribution is 0.0730. The first-order valence-corrected chi connectivity index (χ1v) is 11.0. The minimum absolute atomic E-state index is 0.00114. The number of H-pyrrole nitrogens is 1. The molecule has 1 aromatic heterocycles. The number of hydrogen-bond acceptors (Lipinski definition) is 4. The fourth-order valence-corrected chi connectivity index (χ4v) is 4.59. The number of aromatic nitrogens is 2. The summed E-state index contributed by atoms with van der Waals surface area (Å²) < 4.78 is 5.24. The topological polar surface area (TPSA) is 75.3 Å². The average Bonchev–Trinajstić information content (AvgIpc) is 3.37. The van der Waals surface area contributed by atoms with Crippen LogP contribution in [0.2, 0.25) is 0 Å². The van der Waals surface area contributed by atoms with E-state index >= 15 is 0 Å². The first kappa shape index (κ1) is 20.9. The number of aromatic amines is 1. The highest BCUT2D eigenvalue weighted by Gasteiger charge is 2.32. The number of nitrogens with zero attached hydrogens (tertiary/aromatic N) is 2. The van der Waals surface area contributed by atoms with Gasteiger partial charge in [-0.2, -0.15) is 5.10 Å². The Morgan fingerprint density at radius 3 is 2.73 bits per heavy atom. The predicted octanol–water partition coefficient (Wildman–Crippen LogP) is 5.02. The number of Topliss-reactive ketones (excluding diaryl/α,β-unsaturated/α-hetero) is 1. The van der Waals surface area contributed by atoms with E-state index in [-0.39, 0.29) is 17.6 Å². The van der Waals surface area contributed by atoms with Gasteiger partial charge in [0.1, 0.15) is 5.75 Å². The molecule has 1 aliphatic rings. The summed E-state index contributed by atoms with van der Waals surface area (Å²) in [5.41, 5.74) is 6.34. The van der Waals surface area contributed by atoms with Gasteiger partial charge in [-0.15, -0.1) is 0 Å². The average molecular weight is 440 g/mol. The molecule has 0 spiro atoms. The minimum atomic E-state index is -0.330. The number of nitrogens with one attached hydrogen (secondary N) is 1. The zero-order valence-electron chi connectivity index (χ0n) is 18.9. The number of carbonyl (C=O) groups excluding carboxylic acids is 2. The molecule has 1 aliphatic heterocycles. The number of rotatable bonds is 6. The van der Waals surface area contributed by atoms with Gasteiger partial charge >= 0.3 is 0 Å². The zero-order chi connectivity index (χ0) is 23.1. The van der Waals surface area contributed by atoms with Crippen LogP contribution in [0.1, 0.15) is 38.9 Å². The van der Waals surface area contributed by atoms with Gasteiger partial charge in [0.15, 0.2) is 5.78 Å². The molecule has 1 N–H and O–H groups in total. The summed E-state index contributed by atoms with van der Waals surface area (Å²) in [6.07, 6.45) is 0. The third-order valence-electron chi connectivity index (χ3n) is 6.39. The smallest absolute Gasteiger partial charge is 0.254 e. The van der Waals surface area contributed by atoms with Gasteiger partial charge < -0.3 is 9.64 Å². The van der Waals surface area contributed by atoms with Crippen molar-refractivity contribution >= 4 is 22.6 Å². The van der Waals surface area contributed by atoms with Crippen molar-refractivity contribution < 1.29 is 14.3 Å². The number of aryl methyl sites for hydroxylation is 1. The van der Waals surface area contributed by atoms with Gasteiger partial charge in [-0.3, -0.25) is 14.7 Å². The second-order valence-corrected chi connectivity index (χ2v) is 8.60. The highest BCUT2D eigenvalue weighted by molar-refractivity contribution is 6.02. The van der Waals surface area contributed by atoms with Crippen LogP contribution in [0.3, 0.4) is 0 Å². The Morgan fingerprint density at radius 2 is 1.91 bits per heavy atom. The molecule has 0 radical (unpaired) electrons. The molecule has 2 heterocycles. The fraction of sp³-hybridized carbons (Fsp3) is 0.222. The van der Waals surface area contributed by atoms with Crippen LogP contribution < -0.4 is 4.74 Å². The minimum Gasteiger partial charge on any atom is -0.497 e. The third-order valence-corrected chi connectivity index (χ3v) is 6.39. The molecule has 6 heteroatoms. The van der Waals surface area contributed by atoms with Gasteiger partial charge in [0.25, 0.3) is 5.91 Å². The molecule has 33 heavy (non-hydrogen) atoms. The van der Waals surface area contributed by atoms with E-state index in [9.17, 15) is 9.59 Å². The van der Waals surface area contributed by atoms with E-state index in [0.29, 0.717) is 30.0 Å². The van der Waals surface area contributed by atoms with Crippen LogP contribution in [0.4, 0.5) is 0 Å². The molecule has 1 amide bonds. The Kier molecular flexibility index (Phi) is 5.21. The number of ketones is 1. The number of ether oxygens (including phenoxy) is 1. The number of hydrogen-bond donors (Lipinski definition) is 1. The third kappa shape index (κ3) is 3.67. The van der Waals surface area contributed by atoms with Crippen LogP contribution in [0, 0.1) is 12.8 Å². The summed E-state index contributed by atoms with van der Waals surface area (Å²) in [6.45, 7) is 4.72. The van der Waals surface area contributed by atoms with Gasteiger partial charge in [0, 0.05) is 41.2 Å². The monoisotopic (exact) mass is 439 g/mol. The van der Waals surface area contributed by atoms with Crippen LogP contribution in [0.5, 0.6) is 5.75 Å². The summed E-state index contributed by atoms with van der Waals surface area (Å²) in [5, 5.41) is 8.40. The second-order valence-electron chi connectivity index (χ2n) is 8.60. The van der Waals surface area contributed by atoms with Crippen LogP contribution in [0.25, 0.3) is 22.0 Å². The second kappa shape index (κ2) is 8.20. The Bertz CT molecular complexity index is 1390. The Morgan fingerprint density at radius 1 is 1.12 bits per heavy atom. The van der Waals surface area contributed by atoms with Gasteiger partial charge in [0.05, 0.1) is 12.6 Å². The molecule has 0 saturated heterocycles. The quantitative estimate of drug-likeness (QED) is 0.428. The molecule has 0 bridgehead atoms. The lowest BCUT2D eigenvalue weighted by atomic mass is 9.96. The number of carbonyl (C=O) groups is 2. The summed E-state index contributed by atoms with van der Waals surface area (Å²) in [4.78, 5) is 28.0. The van der Waals surface area contributed by atoms with Crippen LogP contribution in [0.15, 0.2) is 60.7 Å². The van der Waals surface area contributed by atoms with Crippen molar-refractivity contribution in [2.45, 2.75) is 20.4 Å². The van der Waals surface area contributed by atoms with Crippen molar-refractivity contribution in [3.05, 3.63) is 83.0 Å². The SMILES string of the molecule is COc1cccc(C(=O)C(C)CN2Cc3c(cccc3-c3ccc4n[nH]c(C)c4c3)C2=O)c1. The molecule has 1 atom stereocenters. The van der Waals surface area contributed by atoms with Gasteiger partial charge in [-0.05, 0) is 53.9 Å². The Balaban J connectivity index is 1.40. The van der Waals surface area contributed by atoms with Gasteiger partial charge in [-0.1, -0.05) is 37.3 Å². The summed E-state index contributed by atoms with van der Waals surface area (Å²) in [5.74, 6) is 0.285. The van der Waals surface area contributed by atoms with E-state index in [0.717, 1.165) is 33.3 Å². The largest absolute Gasteiger partial charge is 0.497 e. The molecule has 5 rings (SSSR count). The summed E-state index contributed by atoms with van der Waals surface area (Å²) >= 11 is 0. The molecular formula is C27H25N3O3. The molecule has 1 unspecified atom stereocenters. The number of amides is 1. The number of benzene rings is 3. The van der Waals surface area contributed by atoms with Crippen LogP contribution >= 0.6 is 0 Å². The van der Waals surface area contributed by atoms with E-state index in [1.165, 1.54) is 0 Å². The summed E-state index contributed by atoms with van der Waals surface area (Å²) in [6, 6.07) is 19.1. The van der Waals surface area contributed by atoms with E-state index in [2.05, 4.69) is 22.3 Å². The maximum absolute atomic E-state index is 13.2. The zero-order valence-corrected chi connectivity index (χ0v) is 18.9. The Labute approximate surface area is 192 Å². The van der Waals surface area contributed by atoms with Crippen molar-refractivity contribution in [1.82, 2.24) is 15.1 Å². The van der Waals surface area contributed by atoms with Gasteiger partial charge in [0.2, 0.25) is 0 Å². The molecule has 3 aromatic carbocycles. The van der Waals surface area contributed by atoms with Gasteiger partial charge in [-0.25, -0.2) is 0 Å². The molecule has 0 saturated carbocycles.